The first-order chi connectivity index (χ1) is 7.27. The molecule has 1 rings (SSSR count). The van der Waals surface area contributed by atoms with Crippen LogP contribution in [0.1, 0.15) is 19.3 Å². The second kappa shape index (κ2) is 6.52. The summed E-state index contributed by atoms with van der Waals surface area (Å²) < 4.78 is 5.56. The summed E-state index contributed by atoms with van der Waals surface area (Å²) in [4.78, 5) is 0. The second-order valence-corrected chi connectivity index (χ2v) is 3.82. The van der Waals surface area contributed by atoms with Crippen LogP contribution >= 0.6 is 11.6 Å². The molecule has 0 bridgehead atoms. The standard InChI is InChI=1S/C13H17ClO/c1-3-11(2)12-5-7-13(8-6-12)15-10-4-9-14/h3,5,7H,1-2,4,6,8-10H2. The number of rotatable bonds is 6. The molecule has 82 valence electrons. The van der Waals surface area contributed by atoms with Gasteiger partial charge in [0.15, 0.2) is 0 Å². The number of hydrogen-bond acceptors (Lipinski definition) is 1. The van der Waals surface area contributed by atoms with E-state index in [1.54, 1.807) is 6.08 Å². The molecule has 0 saturated carbocycles. The van der Waals surface area contributed by atoms with E-state index in [2.05, 4.69) is 19.2 Å². The van der Waals surface area contributed by atoms with Crippen molar-refractivity contribution in [2.75, 3.05) is 12.5 Å². The molecule has 0 spiro atoms. The first-order valence-electron chi connectivity index (χ1n) is 5.18. The lowest BCUT2D eigenvalue weighted by molar-refractivity contribution is 0.202. The van der Waals surface area contributed by atoms with Gasteiger partial charge in [-0.05, 0) is 30.1 Å². The van der Waals surface area contributed by atoms with Crippen molar-refractivity contribution in [3.63, 3.8) is 0 Å². The third kappa shape index (κ3) is 3.96. The summed E-state index contributed by atoms with van der Waals surface area (Å²) in [6.07, 6.45) is 8.69. The molecule has 0 amide bonds. The van der Waals surface area contributed by atoms with Crippen molar-refractivity contribution in [1.82, 2.24) is 0 Å². The van der Waals surface area contributed by atoms with Gasteiger partial charge < -0.3 is 4.74 Å². The van der Waals surface area contributed by atoms with E-state index in [9.17, 15) is 0 Å². The van der Waals surface area contributed by atoms with Crippen LogP contribution in [-0.2, 0) is 4.74 Å². The number of halogens is 1. The number of ether oxygens (including phenoxy) is 1. The van der Waals surface area contributed by atoms with E-state index in [1.165, 1.54) is 5.57 Å². The molecule has 2 heteroatoms. The van der Waals surface area contributed by atoms with Gasteiger partial charge in [-0.25, -0.2) is 0 Å². The van der Waals surface area contributed by atoms with Gasteiger partial charge in [-0.3, -0.25) is 0 Å². The molecule has 0 atom stereocenters. The molecule has 0 fully saturated rings. The highest BCUT2D eigenvalue weighted by atomic mass is 35.5. The van der Waals surface area contributed by atoms with Crippen molar-refractivity contribution in [3.8, 4) is 0 Å². The molecule has 0 aromatic rings. The fourth-order valence-corrected chi connectivity index (χ4v) is 1.50. The molecular formula is C13H17ClO. The minimum Gasteiger partial charge on any atom is -0.498 e. The van der Waals surface area contributed by atoms with Crippen molar-refractivity contribution < 1.29 is 4.74 Å². The quantitative estimate of drug-likeness (QED) is 0.377. The summed E-state index contributed by atoms with van der Waals surface area (Å²) in [7, 11) is 0. The Labute approximate surface area is 96.8 Å². The molecule has 15 heavy (non-hydrogen) atoms. The van der Waals surface area contributed by atoms with Crippen LogP contribution in [0.5, 0.6) is 0 Å². The molecular weight excluding hydrogens is 208 g/mol. The van der Waals surface area contributed by atoms with E-state index in [0.29, 0.717) is 12.5 Å². The first kappa shape index (κ1) is 12.1. The van der Waals surface area contributed by atoms with Crippen LogP contribution in [-0.4, -0.2) is 12.5 Å². The van der Waals surface area contributed by atoms with E-state index in [4.69, 9.17) is 16.3 Å². The van der Waals surface area contributed by atoms with Crippen molar-refractivity contribution in [3.05, 3.63) is 48.3 Å². The maximum absolute atomic E-state index is 5.57. The highest BCUT2D eigenvalue weighted by Gasteiger charge is 2.07. The Morgan fingerprint density at radius 1 is 1.47 bits per heavy atom. The minimum absolute atomic E-state index is 0.654. The Kier molecular flexibility index (Phi) is 5.27. The summed E-state index contributed by atoms with van der Waals surface area (Å²) >= 11 is 5.57. The maximum atomic E-state index is 5.57. The predicted molar refractivity (Wildman–Crippen MR) is 66.0 cm³/mol. The summed E-state index contributed by atoms with van der Waals surface area (Å²) in [6, 6.07) is 0. The molecule has 1 nitrogen and oxygen atoms in total. The molecule has 0 aliphatic heterocycles. The molecule has 1 aliphatic rings. The lowest BCUT2D eigenvalue weighted by atomic mass is 9.97. The van der Waals surface area contributed by atoms with Crippen molar-refractivity contribution in [1.29, 1.82) is 0 Å². The minimum atomic E-state index is 0.654. The number of allylic oxidation sites excluding steroid dienone is 6. The highest BCUT2D eigenvalue weighted by molar-refractivity contribution is 6.17. The smallest absolute Gasteiger partial charge is 0.0963 e. The average Bonchev–Trinajstić information content (AvgIpc) is 2.29. The Morgan fingerprint density at radius 3 is 2.80 bits per heavy atom. The first-order valence-corrected chi connectivity index (χ1v) is 5.71. The molecule has 0 aromatic heterocycles. The molecule has 0 aromatic carbocycles. The van der Waals surface area contributed by atoms with Crippen LogP contribution in [0.4, 0.5) is 0 Å². The van der Waals surface area contributed by atoms with Gasteiger partial charge in [0.2, 0.25) is 0 Å². The predicted octanol–water partition coefficient (Wildman–Crippen LogP) is 3.98. The van der Waals surface area contributed by atoms with Crippen molar-refractivity contribution in [2.45, 2.75) is 19.3 Å². The third-order valence-electron chi connectivity index (χ3n) is 2.34. The molecule has 0 radical (unpaired) electrons. The van der Waals surface area contributed by atoms with Gasteiger partial charge in [0.05, 0.1) is 12.4 Å². The zero-order valence-corrected chi connectivity index (χ0v) is 9.72. The molecule has 1 aliphatic carbocycles. The van der Waals surface area contributed by atoms with Crippen molar-refractivity contribution in [2.24, 2.45) is 0 Å². The van der Waals surface area contributed by atoms with Gasteiger partial charge in [-0.1, -0.05) is 25.3 Å². The zero-order valence-electron chi connectivity index (χ0n) is 8.97. The van der Waals surface area contributed by atoms with E-state index >= 15 is 0 Å². The second-order valence-electron chi connectivity index (χ2n) is 3.45. The third-order valence-corrected chi connectivity index (χ3v) is 2.60. The lowest BCUT2D eigenvalue weighted by Crippen LogP contribution is -2.00. The number of alkyl halides is 1. The van der Waals surface area contributed by atoms with Gasteiger partial charge in [-0.2, -0.15) is 0 Å². The Balaban J connectivity index is 2.45. The summed E-state index contributed by atoms with van der Waals surface area (Å²) in [5.74, 6) is 1.70. The van der Waals surface area contributed by atoms with Gasteiger partial charge in [0.1, 0.15) is 0 Å². The largest absolute Gasteiger partial charge is 0.498 e. The van der Waals surface area contributed by atoms with E-state index in [-0.39, 0.29) is 0 Å². The monoisotopic (exact) mass is 224 g/mol. The van der Waals surface area contributed by atoms with Crippen LogP contribution in [0, 0.1) is 0 Å². The SMILES string of the molecule is C=CC(=C)C1=CC=C(OCCCCl)CC1. The Bertz CT molecular complexity index is 300. The van der Waals surface area contributed by atoms with Crippen LogP contribution in [0.2, 0.25) is 0 Å². The molecule has 0 saturated heterocycles. The average molecular weight is 225 g/mol. The summed E-state index contributed by atoms with van der Waals surface area (Å²) in [6.45, 7) is 8.34. The van der Waals surface area contributed by atoms with Gasteiger partial charge in [-0.15, -0.1) is 11.6 Å². The molecule has 0 heterocycles. The number of hydrogen-bond donors (Lipinski definition) is 0. The Morgan fingerprint density at radius 2 is 2.27 bits per heavy atom. The Hall–Kier alpha value is -0.950. The molecule has 0 N–H and O–H groups in total. The highest BCUT2D eigenvalue weighted by Crippen LogP contribution is 2.24. The van der Waals surface area contributed by atoms with Gasteiger partial charge in [0.25, 0.3) is 0 Å². The zero-order chi connectivity index (χ0) is 11.1. The van der Waals surface area contributed by atoms with Crippen molar-refractivity contribution >= 4 is 11.6 Å². The fraction of sp³-hybridized carbons (Fsp3) is 0.385. The van der Waals surface area contributed by atoms with Crippen LogP contribution in [0.25, 0.3) is 0 Å². The van der Waals surface area contributed by atoms with E-state index in [0.717, 1.165) is 30.6 Å². The normalized spacial score (nSPS) is 15.3. The maximum Gasteiger partial charge on any atom is 0.0963 e. The van der Waals surface area contributed by atoms with Crippen LogP contribution < -0.4 is 0 Å². The lowest BCUT2D eigenvalue weighted by Gasteiger charge is -2.15. The van der Waals surface area contributed by atoms with E-state index in [1.807, 2.05) is 6.08 Å². The summed E-state index contributed by atoms with van der Waals surface area (Å²) in [5, 5.41) is 0. The fourth-order valence-electron chi connectivity index (χ4n) is 1.39. The van der Waals surface area contributed by atoms with Crippen LogP contribution in [0.3, 0.4) is 0 Å². The van der Waals surface area contributed by atoms with Gasteiger partial charge >= 0.3 is 0 Å². The van der Waals surface area contributed by atoms with E-state index < -0.39 is 0 Å². The van der Waals surface area contributed by atoms with Gasteiger partial charge in [0, 0.05) is 12.3 Å². The van der Waals surface area contributed by atoms with Crippen LogP contribution in [0.15, 0.2) is 48.3 Å². The summed E-state index contributed by atoms with van der Waals surface area (Å²) in [5.41, 5.74) is 2.25. The topological polar surface area (TPSA) is 9.23 Å². The molecule has 0 unspecified atom stereocenters.